The number of hydrazine groups is 1. The van der Waals surface area contributed by atoms with Crippen LogP contribution in [-0.4, -0.2) is 68.9 Å². The molecule has 0 aromatic heterocycles. The number of carbonyl (C=O) groups is 5. The summed E-state index contributed by atoms with van der Waals surface area (Å²) in [5, 5.41) is 34.2. The zero-order valence-electron chi connectivity index (χ0n) is 15.6. The van der Waals surface area contributed by atoms with Gasteiger partial charge in [0.15, 0.2) is 0 Å². The lowest BCUT2D eigenvalue weighted by atomic mass is 10.1. The predicted molar refractivity (Wildman–Crippen MR) is 97.3 cm³/mol. The Hall–Kier alpha value is -3.84. The first-order valence-electron chi connectivity index (χ1n) is 8.71. The van der Waals surface area contributed by atoms with Gasteiger partial charge >= 0.3 is 30.0 Å². The van der Waals surface area contributed by atoms with Gasteiger partial charge in [-0.25, -0.2) is 28.6 Å². The number of hydrogen-bond acceptors (Lipinski definition) is 6. The maximum Gasteiger partial charge on any atom is 0.340 e. The Labute approximate surface area is 169 Å². The third-order valence-corrected chi connectivity index (χ3v) is 3.72. The highest BCUT2D eigenvalue weighted by molar-refractivity contribution is 5.88. The lowest BCUT2D eigenvalue weighted by molar-refractivity contribution is -0.145. The summed E-state index contributed by atoms with van der Waals surface area (Å²) in [5.41, 5.74) is 2.39. The minimum Gasteiger partial charge on any atom is -0.481 e. The van der Waals surface area contributed by atoms with Crippen LogP contribution < -0.4 is 21.4 Å². The Bertz CT molecular complexity index is 741. The summed E-state index contributed by atoms with van der Waals surface area (Å²) in [5.74, 6) is -4.94. The zero-order chi connectivity index (χ0) is 22.7. The van der Waals surface area contributed by atoms with Gasteiger partial charge in [-0.15, -0.1) is 0 Å². The van der Waals surface area contributed by atoms with Crippen LogP contribution in [-0.2, 0) is 14.4 Å². The highest BCUT2D eigenvalue weighted by Gasteiger charge is 2.26. The Kier molecular flexibility index (Phi) is 9.58. The Morgan fingerprint density at radius 1 is 1.03 bits per heavy atom. The predicted octanol–water partition coefficient (Wildman–Crippen LogP) is -0.309. The van der Waals surface area contributed by atoms with Gasteiger partial charge in [0.05, 0.1) is 12.6 Å². The lowest BCUT2D eigenvalue weighted by Gasteiger charge is -2.21. The van der Waals surface area contributed by atoms with Gasteiger partial charge in [0.1, 0.15) is 17.9 Å². The Balaban J connectivity index is 2.36. The number of rotatable bonds is 11. The number of hydrogen-bond donors (Lipinski definition) is 7. The van der Waals surface area contributed by atoms with E-state index in [4.69, 9.17) is 15.3 Å². The molecule has 4 amide bonds. The quantitative estimate of drug-likeness (QED) is 0.215. The van der Waals surface area contributed by atoms with E-state index in [0.29, 0.717) is 6.42 Å². The van der Waals surface area contributed by atoms with E-state index in [0.717, 1.165) is 17.3 Å². The van der Waals surface area contributed by atoms with Crippen LogP contribution >= 0.6 is 0 Å². The SMILES string of the molecule is O=C(O)C[C@H](NC(=O)N[C@@H](CCCCNC(=O)N1C=CC([18F])=CN1)C(=O)O)C(=O)O. The van der Waals surface area contributed by atoms with Crippen LogP contribution in [0.25, 0.3) is 0 Å². The van der Waals surface area contributed by atoms with Crippen LogP contribution in [0.15, 0.2) is 24.3 Å². The molecule has 0 bridgehead atoms. The van der Waals surface area contributed by atoms with Gasteiger partial charge in [0.2, 0.25) is 0 Å². The third kappa shape index (κ3) is 8.90. The van der Waals surface area contributed by atoms with Crippen molar-refractivity contribution in [3.8, 4) is 0 Å². The van der Waals surface area contributed by atoms with Crippen molar-refractivity contribution in [2.75, 3.05) is 6.54 Å². The smallest absolute Gasteiger partial charge is 0.340 e. The number of carboxylic acid groups (broad SMARTS) is 3. The van der Waals surface area contributed by atoms with Gasteiger partial charge in [0, 0.05) is 12.7 Å². The molecule has 13 nitrogen and oxygen atoms in total. The van der Waals surface area contributed by atoms with Crippen molar-refractivity contribution in [3.63, 3.8) is 0 Å². The minimum atomic E-state index is -1.71. The molecule has 0 radical (unpaired) electrons. The molecule has 1 heterocycles. The highest BCUT2D eigenvalue weighted by atomic mass is 18.2. The van der Waals surface area contributed by atoms with Crippen LogP contribution in [0.4, 0.5) is 14.0 Å². The van der Waals surface area contributed by atoms with Gasteiger partial charge < -0.3 is 31.3 Å². The van der Waals surface area contributed by atoms with Crippen LogP contribution in [0.1, 0.15) is 25.7 Å². The van der Waals surface area contributed by atoms with E-state index < -0.39 is 54.3 Å². The second kappa shape index (κ2) is 11.9. The topological polar surface area (TPSA) is 197 Å². The van der Waals surface area contributed by atoms with Crippen LogP contribution in [0.5, 0.6) is 0 Å². The molecular weight excluding hydrogens is 408 g/mol. The number of unbranched alkanes of at least 4 members (excludes halogenated alkanes) is 1. The molecule has 166 valence electrons. The van der Waals surface area contributed by atoms with Crippen molar-refractivity contribution in [2.45, 2.75) is 37.8 Å². The number of allylic oxidation sites excluding steroid dienone is 2. The molecule has 0 aromatic carbocycles. The van der Waals surface area contributed by atoms with Gasteiger partial charge in [-0.2, -0.15) is 0 Å². The van der Waals surface area contributed by atoms with Gasteiger partial charge in [-0.3, -0.25) is 10.2 Å². The fourth-order valence-electron chi connectivity index (χ4n) is 2.24. The lowest BCUT2D eigenvalue weighted by Crippen LogP contribution is -2.51. The van der Waals surface area contributed by atoms with E-state index >= 15 is 0 Å². The third-order valence-electron chi connectivity index (χ3n) is 3.72. The second-order valence-corrected chi connectivity index (χ2v) is 6.07. The van der Waals surface area contributed by atoms with Crippen LogP contribution in [0.2, 0.25) is 0 Å². The number of halogens is 1. The number of aliphatic carboxylic acids is 3. The molecule has 14 heteroatoms. The van der Waals surface area contributed by atoms with Crippen molar-refractivity contribution in [2.24, 2.45) is 0 Å². The minimum absolute atomic E-state index is 0.0227. The molecule has 1 rings (SSSR count). The Morgan fingerprint density at radius 3 is 2.20 bits per heavy atom. The van der Waals surface area contributed by atoms with Crippen molar-refractivity contribution in [1.29, 1.82) is 0 Å². The molecular formula is C16H22FN5O8. The van der Waals surface area contributed by atoms with E-state index in [1.165, 1.54) is 6.20 Å². The number of amides is 4. The van der Waals surface area contributed by atoms with Gasteiger partial charge in [0.25, 0.3) is 0 Å². The summed E-state index contributed by atoms with van der Waals surface area (Å²) in [4.78, 5) is 56.4. The molecule has 0 aliphatic carbocycles. The zero-order valence-corrected chi connectivity index (χ0v) is 15.6. The largest absolute Gasteiger partial charge is 0.481 e. The summed E-state index contributed by atoms with van der Waals surface area (Å²) in [7, 11) is 0. The molecule has 0 saturated carbocycles. The maximum absolute atomic E-state index is 12.8. The average molecular weight is 430 g/mol. The maximum atomic E-state index is 12.8. The summed E-state index contributed by atoms with van der Waals surface area (Å²) in [6.45, 7) is 0.176. The number of carboxylic acids is 3. The van der Waals surface area contributed by atoms with Crippen molar-refractivity contribution >= 4 is 30.0 Å². The fourth-order valence-corrected chi connectivity index (χ4v) is 2.24. The standard InChI is InChI=1S/C16H22FN5O8/c17-9-4-6-22(19-8-9)16(30)18-5-2-1-3-10(13(25)26)20-15(29)21-11(14(27)28)7-12(23)24/h4,6,8,10-11,19H,1-3,5,7H2,(H,18,30)(H,23,24)(H,25,26)(H,27,28)(H2,20,21,29)/t10-,11-/m0/s1/i17-1. The first-order valence-corrected chi connectivity index (χ1v) is 8.71. The Morgan fingerprint density at radius 2 is 1.67 bits per heavy atom. The summed E-state index contributed by atoms with van der Waals surface area (Å²) >= 11 is 0. The molecule has 0 aromatic rings. The van der Waals surface area contributed by atoms with Gasteiger partial charge in [-0.05, 0) is 25.3 Å². The van der Waals surface area contributed by atoms with Crippen molar-refractivity contribution < 1.29 is 43.7 Å². The highest BCUT2D eigenvalue weighted by Crippen LogP contribution is 2.05. The number of nitrogens with one attached hydrogen (secondary N) is 4. The normalized spacial score (nSPS) is 14.6. The summed E-state index contributed by atoms with van der Waals surface area (Å²) in [6.07, 6.45) is 3.00. The molecule has 0 fully saturated rings. The van der Waals surface area contributed by atoms with E-state index in [1.807, 2.05) is 5.32 Å². The second-order valence-electron chi connectivity index (χ2n) is 6.07. The molecule has 1 aliphatic heterocycles. The molecule has 1 aliphatic rings. The molecule has 2 atom stereocenters. The summed E-state index contributed by atoms with van der Waals surface area (Å²) < 4.78 is 12.8. The van der Waals surface area contributed by atoms with Crippen molar-refractivity contribution in [3.05, 3.63) is 24.3 Å². The monoisotopic (exact) mass is 430 g/mol. The average Bonchev–Trinajstić information content (AvgIpc) is 2.66. The molecule has 7 N–H and O–H groups in total. The summed E-state index contributed by atoms with van der Waals surface area (Å²) in [6, 6.07) is -4.75. The van der Waals surface area contributed by atoms with Crippen LogP contribution in [0.3, 0.4) is 0 Å². The molecule has 0 saturated heterocycles. The molecule has 30 heavy (non-hydrogen) atoms. The molecule has 0 unspecified atom stereocenters. The van der Waals surface area contributed by atoms with E-state index in [2.05, 4.69) is 16.1 Å². The fraction of sp³-hybridized carbons (Fsp3) is 0.438. The van der Waals surface area contributed by atoms with E-state index in [-0.39, 0.29) is 19.4 Å². The number of urea groups is 2. The molecule has 0 spiro atoms. The van der Waals surface area contributed by atoms with Crippen LogP contribution in [0, 0.1) is 0 Å². The van der Waals surface area contributed by atoms with Crippen molar-refractivity contribution in [1.82, 2.24) is 26.4 Å². The van der Waals surface area contributed by atoms with E-state index in [1.54, 1.807) is 0 Å². The number of carbonyl (C=O) groups excluding carboxylic acids is 2. The van der Waals surface area contributed by atoms with Gasteiger partial charge in [-0.1, -0.05) is 0 Å². The number of nitrogens with zero attached hydrogens (tertiary/aromatic N) is 1. The first-order chi connectivity index (χ1) is 14.1. The first kappa shape index (κ1) is 24.2. The van der Waals surface area contributed by atoms with E-state index in [9.17, 15) is 28.4 Å².